The minimum atomic E-state index is -0.951. The smallest absolute Gasteiger partial charge is 0.335 e. The number of aromatic carboxylic acids is 1. The number of carbonyl (C=O) groups is 1. The number of carboxylic acids is 1. The zero-order valence-electron chi connectivity index (χ0n) is 8.28. The molecular weight excluding hydrogens is 194 g/mol. The maximum absolute atomic E-state index is 10.9. The van der Waals surface area contributed by atoms with Gasteiger partial charge in [-0.2, -0.15) is 0 Å². The summed E-state index contributed by atoms with van der Waals surface area (Å²) in [6.07, 6.45) is 1.76. The van der Waals surface area contributed by atoms with Gasteiger partial charge in [-0.15, -0.1) is 0 Å². The molecule has 0 bridgehead atoms. The summed E-state index contributed by atoms with van der Waals surface area (Å²) in [4.78, 5) is 13.8. The van der Waals surface area contributed by atoms with Crippen LogP contribution in [0, 0.1) is 0 Å². The van der Waals surface area contributed by atoms with Crippen LogP contribution in [0.2, 0.25) is 0 Å². The van der Waals surface area contributed by atoms with Crippen LogP contribution in [-0.4, -0.2) is 22.7 Å². The molecule has 0 unspecified atom stereocenters. The molecule has 1 heterocycles. The van der Waals surface area contributed by atoms with E-state index in [1.165, 1.54) is 0 Å². The molecule has 0 fully saturated rings. The molecule has 0 aliphatic heterocycles. The van der Waals surface area contributed by atoms with E-state index in [2.05, 4.69) is 4.98 Å². The molecule has 0 saturated carbocycles. The zero-order chi connectivity index (χ0) is 10.8. The Morgan fingerprint density at radius 2 is 2.33 bits per heavy atom. The molecule has 0 atom stereocenters. The van der Waals surface area contributed by atoms with Gasteiger partial charge in [0.05, 0.1) is 12.2 Å². The van der Waals surface area contributed by atoms with E-state index in [-0.39, 0.29) is 5.56 Å². The molecular formula is C11H11NO3. The predicted octanol–water partition coefficient (Wildman–Crippen LogP) is 2.26. The van der Waals surface area contributed by atoms with Crippen LogP contribution in [0.3, 0.4) is 0 Å². The van der Waals surface area contributed by atoms with Crippen LogP contribution >= 0.6 is 0 Å². The normalized spacial score (nSPS) is 10.5. The lowest BCUT2D eigenvalue weighted by atomic mass is 10.1. The number of aromatic amines is 1. The molecule has 0 radical (unpaired) electrons. The molecule has 0 amide bonds. The van der Waals surface area contributed by atoms with Crippen LogP contribution < -0.4 is 4.74 Å². The number of benzene rings is 1. The second-order valence-electron chi connectivity index (χ2n) is 3.15. The lowest BCUT2D eigenvalue weighted by molar-refractivity contribution is 0.0696. The summed E-state index contributed by atoms with van der Waals surface area (Å²) in [6.45, 7) is 2.38. The van der Waals surface area contributed by atoms with Gasteiger partial charge < -0.3 is 14.8 Å². The van der Waals surface area contributed by atoms with Crippen molar-refractivity contribution >= 4 is 16.9 Å². The third-order valence-corrected chi connectivity index (χ3v) is 2.18. The molecule has 0 aliphatic carbocycles. The topological polar surface area (TPSA) is 62.3 Å². The maximum Gasteiger partial charge on any atom is 0.335 e. The molecule has 0 spiro atoms. The fourth-order valence-electron chi connectivity index (χ4n) is 1.53. The van der Waals surface area contributed by atoms with Crippen LogP contribution in [0.1, 0.15) is 17.3 Å². The summed E-state index contributed by atoms with van der Waals surface area (Å²) in [7, 11) is 0. The molecule has 15 heavy (non-hydrogen) atoms. The quantitative estimate of drug-likeness (QED) is 0.807. The molecule has 1 aromatic carbocycles. The van der Waals surface area contributed by atoms with E-state index in [9.17, 15) is 4.79 Å². The Hall–Kier alpha value is -1.97. The van der Waals surface area contributed by atoms with Gasteiger partial charge in [-0.1, -0.05) is 0 Å². The summed E-state index contributed by atoms with van der Waals surface area (Å²) in [6, 6.07) is 5.01. The third kappa shape index (κ3) is 1.66. The van der Waals surface area contributed by atoms with E-state index in [1.54, 1.807) is 18.3 Å². The Bertz CT molecular complexity index is 502. The molecule has 1 aromatic heterocycles. The van der Waals surface area contributed by atoms with Crippen molar-refractivity contribution < 1.29 is 14.6 Å². The number of H-pyrrole nitrogens is 1. The second kappa shape index (κ2) is 3.65. The summed E-state index contributed by atoms with van der Waals surface area (Å²) in [5.41, 5.74) is 1.01. The van der Waals surface area contributed by atoms with Crippen molar-refractivity contribution in [2.24, 2.45) is 0 Å². The Balaban J connectivity index is 2.63. The van der Waals surface area contributed by atoms with Gasteiger partial charge >= 0.3 is 5.97 Å². The van der Waals surface area contributed by atoms with Crippen LogP contribution in [-0.2, 0) is 0 Å². The SMILES string of the molecule is CCOc1cc(C(=O)O)cc2[nH]ccc12. The van der Waals surface area contributed by atoms with Gasteiger partial charge in [0.1, 0.15) is 5.75 Å². The van der Waals surface area contributed by atoms with Crippen molar-refractivity contribution in [3.8, 4) is 5.75 Å². The van der Waals surface area contributed by atoms with Gasteiger partial charge in [0, 0.05) is 17.1 Å². The fourth-order valence-corrected chi connectivity index (χ4v) is 1.53. The number of rotatable bonds is 3. The van der Waals surface area contributed by atoms with Crippen molar-refractivity contribution in [2.75, 3.05) is 6.61 Å². The Morgan fingerprint density at radius 1 is 1.53 bits per heavy atom. The number of nitrogens with one attached hydrogen (secondary N) is 1. The Labute approximate surface area is 86.5 Å². The summed E-state index contributed by atoms with van der Waals surface area (Å²) in [5.74, 6) is -0.346. The minimum absolute atomic E-state index is 0.230. The van der Waals surface area contributed by atoms with Crippen molar-refractivity contribution in [3.63, 3.8) is 0 Å². The van der Waals surface area contributed by atoms with Crippen LogP contribution in [0.4, 0.5) is 0 Å². The highest BCUT2D eigenvalue weighted by Crippen LogP contribution is 2.26. The van der Waals surface area contributed by atoms with Gasteiger partial charge in [-0.05, 0) is 25.1 Å². The minimum Gasteiger partial charge on any atom is -0.493 e. The second-order valence-corrected chi connectivity index (χ2v) is 3.15. The highest BCUT2D eigenvalue weighted by atomic mass is 16.5. The maximum atomic E-state index is 10.9. The van der Waals surface area contributed by atoms with E-state index in [0.29, 0.717) is 12.4 Å². The molecule has 4 heteroatoms. The van der Waals surface area contributed by atoms with Crippen molar-refractivity contribution in [1.29, 1.82) is 0 Å². The molecule has 0 aliphatic rings. The van der Waals surface area contributed by atoms with Crippen LogP contribution in [0.5, 0.6) is 5.75 Å². The Morgan fingerprint density at radius 3 is 3.00 bits per heavy atom. The molecule has 4 nitrogen and oxygen atoms in total. The van der Waals surface area contributed by atoms with Crippen LogP contribution in [0.15, 0.2) is 24.4 Å². The van der Waals surface area contributed by atoms with Gasteiger partial charge in [0.25, 0.3) is 0 Å². The van der Waals surface area contributed by atoms with Crippen molar-refractivity contribution in [1.82, 2.24) is 4.98 Å². The number of fused-ring (bicyclic) bond motifs is 1. The standard InChI is InChI=1S/C11H11NO3/c1-2-15-10-6-7(11(13)14)5-9-8(10)3-4-12-9/h3-6,12H,2H2,1H3,(H,13,14). The van der Waals surface area contributed by atoms with Crippen LogP contribution in [0.25, 0.3) is 10.9 Å². The average Bonchev–Trinajstić information content (AvgIpc) is 2.65. The van der Waals surface area contributed by atoms with Crippen molar-refractivity contribution in [3.05, 3.63) is 30.0 Å². The fraction of sp³-hybridized carbons (Fsp3) is 0.182. The number of hydrogen-bond donors (Lipinski definition) is 2. The lowest BCUT2D eigenvalue weighted by Gasteiger charge is -2.05. The van der Waals surface area contributed by atoms with Gasteiger partial charge in [0.15, 0.2) is 0 Å². The van der Waals surface area contributed by atoms with Gasteiger partial charge in [0.2, 0.25) is 0 Å². The highest BCUT2D eigenvalue weighted by Gasteiger charge is 2.10. The third-order valence-electron chi connectivity index (χ3n) is 2.18. The number of ether oxygens (including phenoxy) is 1. The number of aromatic nitrogens is 1. The molecule has 2 N–H and O–H groups in total. The zero-order valence-corrected chi connectivity index (χ0v) is 8.28. The van der Waals surface area contributed by atoms with E-state index in [4.69, 9.17) is 9.84 Å². The van der Waals surface area contributed by atoms with E-state index < -0.39 is 5.97 Å². The number of hydrogen-bond acceptors (Lipinski definition) is 2. The Kier molecular flexibility index (Phi) is 2.33. The first-order valence-electron chi connectivity index (χ1n) is 4.69. The first kappa shape index (κ1) is 9.58. The first-order chi connectivity index (χ1) is 7.22. The van der Waals surface area contributed by atoms with Gasteiger partial charge in [-0.25, -0.2) is 4.79 Å². The average molecular weight is 205 g/mol. The van der Waals surface area contributed by atoms with Gasteiger partial charge in [-0.3, -0.25) is 0 Å². The molecule has 2 aromatic rings. The molecule has 2 rings (SSSR count). The summed E-state index contributed by atoms with van der Waals surface area (Å²) < 4.78 is 5.38. The monoisotopic (exact) mass is 205 g/mol. The summed E-state index contributed by atoms with van der Waals surface area (Å²) in [5, 5.41) is 9.81. The van der Waals surface area contributed by atoms with E-state index in [0.717, 1.165) is 10.9 Å². The first-order valence-corrected chi connectivity index (χ1v) is 4.69. The van der Waals surface area contributed by atoms with E-state index in [1.807, 2.05) is 13.0 Å². The van der Waals surface area contributed by atoms with Crippen molar-refractivity contribution in [2.45, 2.75) is 6.92 Å². The van der Waals surface area contributed by atoms with E-state index >= 15 is 0 Å². The predicted molar refractivity (Wildman–Crippen MR) is 56.4 cm³/mol. The highest BCUT2D eigenvalue weighted by molar-refractivity contribution is 5.96. The summed E-state index contributed by atoms with van der Waals surface area (Å²) >= 11 is 0. The molecule has 78 valence electrons. The molecule has 0 saturated heterocycles. The lowest BCUT2D eigenvalue weighted by Crippen LogP contribution is -1.99. The largest absolute Gasteiger partial charge is 0.493 e. The number of carboxylic acid groups (broad SMARTS) is 1.